The third-order valence-corrected chi connectivity index (χ3v) is 6.12. The summed E-state index contributed by atoms with van der Waals surface area (Å²) in [5.74, 6) is -1.26. The number of carbonyl (C=O) groups excluding carboxylic acids is 1. The van der Waals surface area contributed by atoms with E-state index in [4.69, 9.17) is 0 Å². The van der Waals surface area contributed by atoms with Crippen molar-refractivity contribution >= 4 is 15.8 Å². The van der Waals surface area contributed by atoms with E-state index in [9.17, 15) is 17.6 Å². The van der Waals surface area contributed by atoms with Gasteiger partial charge in [-0.05, 0) is 29.7 Å². The van der Waals surface area contributed by atoms with E-state index >= 15 is 0 Å². The smallest absolute Gasteiger partial charge is 0.323 e. The number of ether oxygens (including phenoxy) is 1. The van der Waals surface area contributed by atoms with Crippen molar-refractivity contribution < 1.29 is 22.3 Å². The highest BCUT2D eigenvalue weighted by molar-refractivity contribution is 7.92. The first-order valence-corrected chi connectivity index (χ1v) is 7.97. The highest BCUT2D eigenvalue weighted by atomic mass is 32.2. The fourth-order valence-corrected chi connectivity index (χ4v) is 5.04. The highest BCUT2D eigenvalue weighted by Crippen LogP contribution is 2.39. The van der Waals surface area contributed by atoms with E-state index in [0.29, 0.717) is 5.56 Å². The number of benzene rings is 1. The molecule has 7 heteroatoms. The van der Waals surface area contributed by atoms with Crippen molar-refractivity contribution in [2.45, 2.75) is 23.8 Å². The summed E-state index contributed by atoms with van der Waals surface area (Å²) in [6.45, 7) is 0. The molecule has 0 saturated carbocycles. The molecule has 0 bridgehead atoms. The second-order valence-electron chi connectivity index (χ2n) is 5.14. The Labute approximate surface area is 116 Å². The molecule has 1 aliphatic heterocycles. The summed E-state index contributed by atoms with van der Waals surface area (Å²) >= 11 is 0. The average Bonchev–Trinajstić information content (AvgIpc) is 2.76. The largest absolute Gasteiger partial charge is 0.468 e. The summed E-state index contributed by atoms with van der Waals surface area (Å²) in [6.07, 6.45) is 0.279. The number of nitrogens with one attached hydrogen (secondary N) is 1. The number of rotatable bonds is 1. The minimum absolute atomic E-state index is 0.279. The Bertz CT molecular complexity index is 673. The van der Waals surface area contributed by atoms with Gasteiger partial charge >= 0.3 is 5.97 Å². The molecular weight excluding hydrogens is 285 g/mol. The van der Waals surface area contributed by atoms with Crippen molar-refractivity contribution in [1.29, 1.82) is 0 Å². The molecule has 108 valence electrons. The Balaban J connectivity index is 2.01. The minimum atomic E-state index is -3.43. The normalized spacial score (nSPS) is 30.4. The fourth-order valence-electron chi connectivity index (χ4n) is 3.02. The predicted octanol–water partition coefficient (Wildman–Crippen LogP) is 0.351. The van der Waals surface area contributed by atoms with Gasteiger partial charge in [0.05, 0.1) is 24.2 Å². The van der Waals surface area contributed by atoms with Crippen LogP contribution in [-0.2, 0) is 25.8 Å². The Kier molecular flexibility index (Phi) is 3.06. The summed E-state index contributed by atoms with van der Waals surface area (Å²) in [5.41, 5.74) is 1.43. The summed E-state index contributed by atoms with van der Waals surface area (Å²) in [4.78, 5) is 11.6. The van der Waals surface area contributed by atoms with Gasteiger partial charge in [0.25, 0.3) is 0 Å². The van der Waals surface area contributed by atoms with Crippen LogP contribution in [0.3, 0.4) is 0 Å². The molecule has 1 aromatic carbocycles. The van der Waals surface area contributed by atoms with Gasteiger partial charge in [-0.1, -0.05) is 6.07 Å². The molecule has 1 fully saturated rings. The molecule has 1 heterocycles. The number of methoxy groups -OCH3 is 1. The lowest BCUT2D eigenvalue weighted by Crippen LogP contribution is -2.54. The lowest BCUT2D eigenvalue weighted by molar-refractivity contribution is -0.142. The minimum Gasteiger partial charge on any atom is -0.468 e. The Morgan fingerprint density at radius 3 is 2.90 bits per heavy atom. The van der Waals surface area contributed by atoms with Crippen molar-refractivity contribution in [3.8, 4) is 0 Å². The molecule has 1 saturated heterocycles. The molecule has 0 spiro atoms. The van der Waals surface area contributed by atoms with Gasteiger partial charge in [-0.15, -0.1) is 0 Å². The highest BCUT2D eigenvalue weighted by Gasteiger charge is 2.48. The zero-order chi connectivity index (χ0) is 14.5. The van der Waals surface area contributed by atoms with Crippen LogP contribution < -0.4 is 5.32 Å². The van der Waals surface area contributed by atoms with Gasteiger partial charge < -0.3 is 4.74 Å². The van der Waals surface area contributed by atoms with Gasteiger partial charge in [-0.25, -0.2) is 12.8 Å². The first-order chi connectivity index (χ1) is 9.42. The fraction of sp³-hybridized carbons (Fsp3) is 0.462. The molecule has 5 nitrogen and oxygen atoms in total. The van der Waals surface area contributed by atoms with Gasteiger partial charge in [-0.3, -0.25) is 10.1 Å². The molecule has 0 amide bonds. The number of esters is 1. The first kappa shape index (κ1) is 13.5. The number of halogens is 1. The van der Waals surface area contributed by atoms with Crippen LogP contribution in [0.5, 0.6) is 0 Å². The lowest BCUT2D eigenvalue weighted by atomic mass is 10.1. The van der Waals surface area contributed by atoms with E-state index in [2.05, 4.69) is 10.1 Å². The third kappa shape index (κ3) is 2.01. The second-order valence-corrected chi connectivity index (χ2v) is 7.40. The maximum Gasteiger partial charge on any atom is 0.323 e. The molecule has 20 heavy (non-hydrogen) atoms. The lowest BCUT2D eigenvalue weighted by Gasteiger charge is -2.32. The Morgan fingerprint density at radius 1 is 1.45 bits per heavy atom. The maximum absolute atomic E-state index is 13.2. The summed E-state index contributed by atoms with van der Waals surface area (Å²) in [5, 5.41) is 2.38. The van der Waals surface area contributed by atoms with Gasteiger partial charge in [0.2, 0.25) is 0 Å². The zero-order valence-corrected chi connectivity index (χ0v) is 11.6. The van der Waals surface area contributed by atoms with Crippen molar-refractivity contribution in [3.05, 3.63) is 35.1 Å². The first-order valence-electron chi connectivity index (χ1n) is 6.26. The number of carbonyl (C=O) groups is 1. The molecule has 1 aromatic rings. The molecule has 3 rings (SSSR count). The molecular formula is C13H14FNO4S. The van der Waals surface area contributed by atoms with Gasteiger partial charge in [-0.2, -0.15) is 0 Å². The Morgan fingerprint density at radius 2 is 2.20 bits per heavy atom. The molecule has 2 aliphatic rings. The van der Waals surface area contributed by atoms with E-state index in [1.54, 1.807) is 6.07 Å². The van der Waals surface area contributed by atoms with Crippen LogP contribution in [-0.4, -0.2) is 38.5 Å². The van der Waals surface area contributed by atoms with Crippen LogP contribution in [0.2, 0.25) is 0 Å². The van der Waals surface area contributed by atoms with Crippen LogP contribution in [0.4, 0.5) is 4.39 Å². The zero-order valence-electron chi connectivity index (χ0n) is 10.8. The van der Waals surface area contributed by atoms with Crippen molar-refractivity contribution in [2.24, 2.45) is 0 Å². The molecule has 1 N–H and O–H groups in total. The molecule has 0 aromatic heterocycles. The average molecular weight is 299 g/mol. The van der Waals surface area contributed by atoms with E-state index < -0.39 is 33.1 Å². The summed E-state index contributed by atoms with van der Waals surface area (Å²) in [7, 11) is -2.21. The topological polar surface area (TPSA) is 72.5 Å². The van der Waals surface area contributed by atoms with Crippen LogP contribution in [0.25, 0.3) is 0 Å². The Hall–Kier alpha value is -1.47. The SMILES string of the molecule is COC(=O)C1CS(=O)(=O)C2Cc3cc(F)ccc3C2N1. The number of fused-ring (bicyclic) bond motifs is 3. The van der Waals surface area contributed by atoms with Crippen LogP contribution in [0, 0.1) is 5.82 Å². The van der Waals surface area contributed by atoms with Crippen LogP contribution in [0.1, 0.15) is 17.2 Å². The monoisotopic (exact) mass is 299 g/mol. The van der Waals surface area contributed by atoms with Crippen molar-refractivity contribution in [2.75, 3.05) is 12.9 Å². The predicted molar refractivity (Wildman–Crippen MR) is 69.4 cm³/mol. The van der Waals surface area contributed by atoms with E-state index in [1.807, 2.05) is 0 Å². The molecule has 1 aliphatic carbocycles. The quantitative estimate of drug-likeness (QED) is 0.758. The number of hydrogen-bond acceptors (Lipinski definition) is 5. The number of hydrogen-bond donors (Lipinski definition) is 1. The third-order valence-electron chi connectivity index (χ3n) is 3.96. The summed E-state index contributed by atoms with van der Waals surface area (Å²) in [6, 6.07) is 2.89. The van der Waals surface area contributed by atoms with Crippen LogP contribution in [0.15, 0.2) is 18.2 Å². The van der Waals surface area contributed by atoms with Crippen molar-refractivity contribution in [3.63, 3.8) is 0 Å². The summed E-state index contributed by atoms with van der Waals surface area (Å²) < 4.78 is 42.5. The van der Waals surface area contributed by atoms with E-state index in [1.165, 1.54) is 19.2 Å². The molecule has 0 radical (unpaired) electrons. The van der Waals surface area contributed by atoms with E-state index in [0.717, 1.165) is 5.56 Å². The molecule has 3 atom stereocenters. The number of sulfone groups is 1. The van der Waals surface area contributed by atoms with Crippen molar-refractivity contribution in [1.82, 2.24) is 5.32 Å². The second kappa shape index (κ2) is 4.53. The van der Waals surface area contributed by atoms with Gasteiger partial charge in [0, 0.05) is 0 Å². The molecule has 3 unspecified atom stereocenters. The van der Waals surface area contributed by atoms with E-state index in [-0.39, 0.29) is 18.0 Å². The maximum atomic E-state index is 13.2. The van der Waals surface area contributed by atoms with Crippen LogP contribution >= 0.6 is 0 Å². The van der Waals surface area contributed by atoms with Gasteiger partial charge in [0.1, 0.15) is 11.9 Å². The van der Waals surface area contributed by atoms with Gasteiger partial charge in [0.15, 0.2) is 9.84 Å². The standard InChI is InChI=1S/C13H14FNO4S/c1-19-13(16)10-6-20(17,18)11-5-7-4-8(14)2-3-9(7)12(11)15-10/h2-4,10-12,15H,5-6H2,1H3.